The molecule has 58 heavy (non-hydrogen) atoms. The van der Waals surface area contributed by atoms with Gasteiger partial charge in [0.2, 0.25) is 20.0 Å². The van der Waals surface area contributed by atoms with Crippen LogP contribution in [0, 0.1) is 17.2 Å². The van der Waals surface area contributed by atoms with Crippen LogP contribution in [0.3, 0.4) is 0 Å². The molecule has 0 saturated heterocycles. The van der Waals surface area contributed by atoms with Gasteiger partial charge in [0.15, 0.2) is 17.7 Å². The Labute approximate surface area is 341 Å². The van der Waals surface area contributed by atoms with Crippen LogP contribution in [0.25, 0.3) is 0 Å². The SMILES string of the molecule is CC(C)(C)C1CN(Cc2ccc(F)cc2)C(=O)C(C2=NS(=O)(=O)c3c(CN(C(C(=O)O)C4=NS(=O)(=O)c5c(CNS(C)(=O)=O)csc5N4)S(C)(=O)=O)csc3N2)=C1O. The summed E-state index contributed by atoms with van der Waals surface area (Å²) < 4.78 is 128. The highest BCUT2D eigenvalue weighted by molar-refractivity contribution is 7.91. The number of carboxylic acid groups (broad SMARTS) is 1. The van der Waals surface area contributed by atoms with E-state index < -0.39 is 121 Å². The number of sulfonamides is 4. The van der Waals surface area contributed by atoms with Crippen molar-refractivity contribution < 1.29 is 57.9 Å². The first-order valence-electron chi connectivity index (χ1n) is 16.7. The molecule has 3 aliphatic rings. The average Bonchev–Trinajstić information content (AvgIpc) is 3.69. The number of aliphatic hydroxyl groups excluding tert-OH is 1. The average molecular weight is 922 g/mol. The zero-order valence-corrected chi connectivity index (χ0v) is 35.9. The van der Waals surface area contributed by atoms with Gasteiger partial charge in [-0.2, -0.15) is 21.1 Å². The number of halogens is 1. The number of hydrogen-bond donors (Lipinski definition) is 5. The van der Waals surface area contributed by atoms with Crippen LogP contribution in [-0.4, -0.2) is 102 Å². The van der Waals surface area contributed by atoms with Gasteiger partial charge in [-0.1, -0.05) is 32.9 Å². The van der Waals surface area contributed by atoms with Crippen LogP contribution in [0.4, 0.5) is 14.4 Å². The number of rotatable bonds is 12. The predicted octanol–water partition coefficient (Wildman–Crippen LogP) is 2.46. The van der Waals surface area contributed by atoms with E-state index in [0.29, 0.717) is 16.1 Å². The number of carbonyl (C=O) groups excluding carboxylic acids is 1. The van der Waals surface area contributed by atoms with Crippen LogP contribution in [0.1, 0.15) is 37.5 Å². The molecule has 5 heterocycles. The lowest BCUT2D eigenvalue weighted by atomic mass is 9.76. The summed E-state index contributed by atoms with van der Waals surface area (Å²) in [5.41, 5.74) is -0.808. The van der Waals surface area contributed by atoms with Crippen molar-refractivity contribution in [2.75, 3.05) is 29.7 Å². The number of nitrogens with zero attached hydrogens (tertiary/aromatic N) is 4. The fourth-order valence-electron chi connectivity index (χ4n) is 6.41. The van der Waals surface area contributed by atoms with E-state index >= 15 is 0 Å². The summed E-state index contributed by atoms with van der Waals surface area (Å²) in [6.45, 7) is 4.07. The van der Waals surface area contributed by atoms with Crippen molar-refractivity contribution in [2.24, 2.45) is 20.1 Å². The van der Waals surface area contributed by atoms with Gasteiger partial charge in [-0.05, 0) is 33.9 Å². The Kier molecular flexibility index (Phi) is 11.2. The second-order valence-corrected chi connectivity index (χ2v) is 23.2. The Balaban J connectivity index is 1.35. The molecule has 3 aromatic rings. The second-order valence-electron chi connectivity index (χ2n) is 14.6. The molecule has 5 N–H and O–H groups in total. The predicted molar refractivity (Wildman–Crippen MR) is 213 cm³/mol. The molecule has 2 aromatic heterocycles. The van der Waals surface area contributed by atoms with Gasteiger partial charge in [0.05, 0.1) is 12.5 Å². The van der Waals surface area contributed by atoms with Gasteiger partial charge in [0, 0.05) is 43.2 Å². The topological polar surface area (TPSA) is 278 Å². The van der Waals surface area contributed by atoms with Gasteiger partial charge in [-0.15, -0.1) is 31.5 Å². The van der Waals surface area contributed by atoms with Crippen LogP contribution >= 0.6 is 22.7 Å². The first-order valence-corrected chi connectivity index (χ1v) is 25.1. The molecule has 0 aliphatic carbocycles. The number of fused-ring (bicyclic) bond motifs is 2. The first-order chi connectivity index (χ1) is 26.7. The molecule has 0 bridgehead atoms. The van der Waals surface area contributed by atoms with Crippen molar-refractivity contribution in [3.8, 4) is 0 Å². The Hall–Kier alpha value is -4.31. The molecule has 0 spiro atoms. The maximum atomic E-state index is 14.0. The smallest absolute Gasteiger partial charge is 0.329 e. The Bertz CT molecular complexity index is 2770. The number of benzene rings is 1. The summed E-state index contributed by atoms with van der Waals surface area (Å²) in [5, 5.41) is 29.3. The zero-order valence-electron chi connectivity index (χ0n) is 31.0. The summed E-state index contributed by atoms with van der Waals surface area (Å²) in [5.74, 6) is -5.65. The molecule has 0 radical (unpaired) electrons. The quantitative estimate of drug-likeness (QED) is 0.175. The standard InChI is InChI=1S/C32H36FN7O12S6/c1-32(2,3)20-13-39(11-16-6-8-19(33)9-7-16)30(42)21(23(20)41)26-35-29-25(58(51,52)37-26)18(15-54-29)12-40(56(5,47)48)22(31(43)44)27-36-28-24(57(49,50)38-27)17(14-53-28)10-34-55(4,45)46/h6-9,14-15,20,22,34,41H,10-13H2,1-5H3,(H,35,37)(H,36,38)(H,43,44). The number of anilines is 2. The fourth-order valence-corrected chi connectivity index (χ4v) is 13.0. The minimum Gasteiger partial charge on any atom is -0.511 e. The van der Waals surface area contributed by atoms with E-state index in [-0.39, 0.29) is 34.2 Å². The van der Waals surface area contributed by atoms with E-state index in [9.17, 15) is 57.9 Å². The molecule has 19 nitrogen and oxygen atoms in total. The summed E-state index contributed by atoms with van der Waals surface area (Å²) in [6.07, 6.45) is 1.49. The van der Waals surface area contributed by atoms with Crippen molar-refractivity contribution in [3.05, 3.63) is 68.9 Å². The molecule has 2 atom stereocenters. The molecule has 3 aliphatic heterocycles. The highest BCUT2D eigenvalue weighted by Crippen LogP contribution is 2.43. The van der Waals surface area contributed by atoms with Gasteiger partial charge in [0.1, 0.15) is 36.9 Å². The monoisotopic (exact) mass is 921 g/mol. The summed E-state index contributed by atoms with van der Waals surface area (Å²) >= 11 is 1.52. The lowest BCUT2D eigenvalue weighted by molar-refractivity contribution is -0.139. The molecular weight excluding hydrogens is 886 g/mol. The van der Waals surface area contributed by atoms with Crippen molar-refractivity contribution in [1.29, 1.82) is 0 Å². The highest BCUT2D eigenvalue weighted by atomic mass is 32.2. The van der Waals surface area contributed by atoms with E-state index in [0.717, 1.165) is 28.9 Å². The largest absolute Gasteiger partial charge is 0.511 e. The number of carboxylic acids is 1. The number of nitrogens with one attached hydrogen (secondary N) is 3. The third-order valence-corrected chi connectivity index (χ3v) is 16.0. The number of hydrogen-bond acceptors (Lipinski definition) is 15. The molecule has 314 valence electrons. The van der Waals surface area contributed by atoms with Gasteiger partial charge in [-0.25, -0.2) is 30.7 Å². The second kappa shape index (κ2) is 15.1. The van der Waals surface area contributed by atoms with Crippen LogP contribution in [0.5, 0.6) is 0 Å². The normalized spacial score (nSPS) is 19.7. The number of thiophene rings is 2. The maximum Gasteiger partial charge on any atom is 0.329 e. The minimum absolute atomic E-state index is 0.0105. The van der Waals surface area contributed by atoms with Gasteiger partial charge in [0.25, 0.3) is 26.0 Å². The number of carbonyl (C=O) groups is 2. The zero-order chi connectivity index (χ0) is 42.9. The van der Waals surface area contributed by atoms with E-state index in [1.165, 1.54) is 39.9 Å². The fraction of sp³-hybridized carbons (Fsp3) is 0.375. The highest BCUT2D eigenvalue weighted by Gasteiger charge is 2.46. The lowest BCUT2D eigenvalue weighted by Crippen LogP contribution is -2.52. The van der Waals surface area contributed by atoms with Crippen molar-refractivity contribution in [2.45, 2.75) is 56.2 Å². The molecule has 2 unspecified atom stereocenters. The molecule has 1 aromatic carbocycles. The molecule has 0 fully saturated rings. The summed E-state index contributed by atoms with van der Waals surface area (Å²) in [4.78, 5) is 27.1. The third-order valence-electron chi connectivity index (χ3n) is 9.17. The molecule has 0 saturated carbocycles. The molecular formula is C32H36FN7O12S6. The van der Waals surface area contributed by atoms with Crippen molar-refractivity contribution in [1.82, 2.24) is 13.9 Å². The Morgan fingerprint density at radius 3 is 2.14 bits per heavy atom. The van der Waals surface area contributed by atoms with Gasteiger partial charge < -0.3 is 25.7 Å². The first kappa shape index (κ1) is 43.3. The Morgan fingerprint density at radius 2 is 1.57 bits per heavy atom. The van der Waals surface area contributed by atoms with E-state index in [2.05, 4.69) is 24.2 Å². The van der Waals surface area contributed by atoms with Crippen molar-refractivity contribution in [3.63, 3.8) is 0 Å². The number of aliphatic hydroxyl groups is 1. The van der Waals surface area contributed by atoms with Crippen LogP contribution < -0.4 is 15.4 Å². The van der Waals surface area contributed by atoms with Crippen LogP contribution in [0.15, 0.2) is 64.9 Å². The van der Waals surface area contributed by atoms with E-state index in [4.69, 9.17) is 0 Å². The van der Waals surface area contributed by atoms with Crippen LogP contribution in [0.2, 0.25) is 0 Å². The van der Waals surface area contributed by atoms with Crippen molar-refractivity contribution >= 4 is 96.3 Å². The van der Waals surface area contributed by atoms with Gasteiger partial charge in [-0.3, -0.25) is 4.79 Å². The maximum absolute atomic E-state index is 14.0. The minimum atomic E-state index is -4.82. The lowest BCUT2D eigenvalue weighted by Gasteiger charge is -2.40. The number of amides is 1. The summed E-state index contributed by atoms with van der Waals surface area (Å²) in [7, 11) is -17.9. The number of amidine groups is 2. The van der Waals surface area contributed by atoms with E-state index in [1.807, 2.05) is 20.8 Å². The molecule has 26 heteroatoms. The summed E-state index contributed by atoms with van der Waals surface area (Å²) in [6, 6.07) is 3.05. The van der Waals surface area contributed by atoms with Crippen LogP contribution in [-0.2, 0) is 69.3 Å². The molecule has 6 rings (SSSR count). The Morgan fingerprint density at radius 1 is 1.00 bits per heavy atom. The molecule has 1 amide bonds. The third kappa shape index (κ3) is 8.68. The van der Waals surface area contributed by atoms with E-state index in [1.54, 1.807) is 0 Å². The van der Waals surface area contributed by atoms with Gasteiger partial charge >= 0.3 is 5.97 Å². The number of aliphatic carboxylic acids is 1.